The molecule has 2 heterocycles. The normalized spacial score (nSPS) is 24.2. The van der Waals surface area contributed by atoms with Crippen molar-refractivity contribution in [3.05, 3.63) is 0 Å². The summed E-state index contributed by atoms with van der Waals surface area (Å²) in [6.45, 7) is 15.1. The molecule has 0 aromatic carbocycles. The van der Waals surface area contributed by atoms with Gasteiger partial charge >= 0.3 is 0 Å². The molecule has 0 amide bonds. The van der Waals surface area contributed by atoms with Crippen LogP contribution in [0, 0.1) is 5.92 Å². The van der Waals surface area contributed by atoms with E-state index in [2.05, 4.69) is 30.7 Å². The van der Waals surface area contributed by atoms with E-state index in [-0.39, 0.29) is 7.43 Å². The van der Waals surface area contributed by atoms with Crippen molar-refractivity contribution in [3.63, 3.8) is 0 Å². The molecule has 2 heteroatoms. The zero-order valence-corrected chi connectivity index (χ0v) is 12.8. The maximum atomic E-state index is 2.52. The standard InChI is InChI=1S/C7H15N.C6H13N.C2H6.CH4/c1-2-8-6-4-3-5-7-8;1-6-3-4-7(2)5-6;1-2;/h2-7H2,1H3;6H,3-5H2,1-2H3;1-2H3;1H4. The summed E-state index contributed by atoms with van der Waals surface area (Å²) in [6.07, 6.45) is 5.70. The van der Waals surface area contributed by atoms with E-state index in [1.165, 1.54) is 58.4 Å². The number of hydrogen-bond donors (Lipinski definition) is 0. The van der Waals surface area contributed by atoms with E-state index in [9.17, 15) is 0 Å². The summed E-state index contributed by atoms with van der Waals surface area (Å²) in [5, 5.41) is 0. The lowest BCUT2D eigenvalue weighted by Gasteiger charge is -2.24. The summed E-state index contributed by atoms with van der Waals surface area (Å²) in [5.74, 6) is 0.949. The molecule has 112 valence electrons. The van der Waals surface area contributed by atoms with Gasteiger partial charge in [-0.3, -0.25) is 0 Å². The van der Waals surface area contributed by atoms with Crippen molar-refractivity contribution >= 4 is 0 Å². The molecule has 2 saturated heterocycles. The topological polar surface area (TPSA) is 6.48 Å². The minimum Gasteiger partial charge on any atom is -0.306 e. The zero-order chi connectivity index (χ0) is 13.1. The van der Waals surface area contributed by atoms with E-state index in [1.54, 1.807) is 0 Å². The molecule has 0 aliphatic carbocycles. The second kappa shape index (κ2) is 13.4. The molecule has 2 fully saturated rings. The number of rotatable bonds is 1. The highest BCUT2D eigenvalue weighted by Crippen LogP contribution is 2.11. The Labute approximate surface area is 117 Å². The maximum Gasteiger partial charge on any atom is 0.000445 e. The van der Waals surface area contributed by atoms with Crippen LogP contribution in [0.25, 0.3) is 0 Å². The smallest absolute Gasteiger partial charge is 0.000445 e. The summed E-state index contributed by atoms with van der Waals surface area (Å²) in [6, 6.07) is 0. The molecule has 0 aromatic heterocycles. The minimum absolute atomic E-state index is 0. The Morgan fingerprint density at radius 2 is 1.56 bits per heavy atom. The van der Waals surface area contributed by atoms with Crippen LogP contribution in [0.2, 0.25) is 0 Å². The first-order valence-corrected chi connectivity index (χ1v) is 7.63. The monoisotopic (exact) mass is 258 g/mol. The second-order valence-corrected chi connectivity index (χ2v) is 5.15. The Balaban J connectivity index is 0. The highest BCUT2D eigenvalue weighted by atomic mass is 15.1. The third kappa shape index (κ3) is 9.90. The third-order valence-corrected chi connectivity index (χ3v) is 3.52. The van der Waals surface area contributed by atoms with Crippen molar-refractivity contribution in [2.24, 2.45) is 5.92 Å². The Morgan fingerprint density at radius 1 is 1.00 bits per heavy atom. The van der Waals surface area contributed by atoms with Crippen molar-refractivity contribution in [1.29, 1.82) is 0 Å². The van der Waals surface area contributed by atoms with Crippen LogP contribution in [-0.2, 0) is 0 Å². The van der Waals surface area contributed by atoms with Crippen LogP contribution in [0.4, 0.5) is 0 Å². The predicted molar refractivity (Wildman–Crippen MR) is 85.3 cm³/mol. The highest BCUT2D eigenvalue weighted by molar-refractivity contribution is 4.67. The van der Waals surface area contributed by atoms with Gasteiger partial charge in [0, 0.05) is 6.54 Å². The maximum absolute atomic E-state index is 2.52. The number of hydrogen-bond acceptors (Lipinski definition) is 2. The Kier molecular flexibility index (Phi) is 15.0. The summed E-state index contributed by atoms with van der Waals surface area (Å²) in [7, 11) is 2.18. The fourth-order valence-corrected chi connectivity index (χ4v) is 2.43. The molecule has 0 radical (unpaired) electrons. The Hall–Kier alpha value is -0.0800. The molecule has 0 N–H and O–H groups in total. The molecule has 2 nitrogen and oxygen atoms in total. The van der Waals surface area contributed by atoms with Crippen LogP contribution < -0.4 is 0 Å². The first-order chi connectivity index (χ1) is 8.22. The van der Waals surface area contributed by atoms with Gasteiger partial charge in [-0.15, -0.1) is 0 Å². The van der Waals surface area contributed by atoms with Gasteiger partial charge < -0.3 is 9.80 Å². The summed E-state index contributed by atoms with van der Waals surface area (Å²) in [4.78, 5) is 4.90. The van der Waals surface area contributed by atoms with Crippen molar-refractivity contribution in [1.82, 2.24) is 9.80 Å². The van der Waals surface area contributed by atoms with Gasteiger partial charge in [0.05, 0.1) is 0 Å². The molecule has 2 aliphatic heterocycles. The average molecular weight is 258 g/mol. The van der Waals surface area contributed by atoms with Crippen molar-refractivity contribution in [2.75, 3.05) is 39.8 Å². The molecular formula is C16H38N2. The molecule has 1 atom stereocenters. The van der Waals surface area contributed by atoms with Crippen LogP contribution in [-0.4, -0.2) is 49.6 Å². The van der Waals surface area contributed by atoms with Gasteiger partial charge in [0.2, 0.25) is 0 Å². The van der Waals surface area contributed by atoms with Gasteiger partial charge in [-0.25, -0.2) is 0 Å². The fourth-order valence-electron chi connectivity index (χ4n) is 2.43. The van der Waals surface area contributed by atoms with E-state index >= 15 is 0 Å². The van der Waals surface area contributed by atoms with Crippen molar-refractivity contribution in [3.8, 4) is 0 Å². The highest BCUT2D eigenvalue weighted by Gasteiger charge is 2.13. The molecule has 0 spiro atoms. The van der Waals surface area contributed by atoms with E-state index in [4.69, 9.17) is 0 Å². The predicted octanol–water partition coefficient (Wildman–Crippen LogP) is 4.11. The largest absolute Gasteiger partial charge is 0.306 e. The fraction of sp³-hybridized carbons (Fsp3) is 1.00. The van der Waals surface area contributed by atoms with Gasteiger partial charge in [-0.05, 0) is 58.4 Å². The summed E-state index contributed by atoms with van der Waals surface area (Å²) in [5.41, 5.74) is 0. The van der Waals surface area contributed by atoms with E-state index in [0.29, 0.717) is 0 Å². The van der Waals surface area contributed by atoms with E-state index in [1.807, 2.05) is 13.8 Å². The summed E-state index contributed by atoms with van der Waals surface area (Å²) >= 11 is 0. The second-order valence-electron chi connectivity index (χ2n) is 5.15. The molecule has 2 rings (SSSR count). The molecule has 0 saturated carbocycles. The quantitative estimate of drug-likeness (QED) is 0.698. The van der Waals surface area contributed by atoms with E-state index < -0.39 is 0 Å². The number of piperidine rings is 1. The van der Waals surface area contributed by atoms with Gasteiger partial charge in [-0.1, -0.05) is 41.5 Å². The zero-order valence-electron chi connectivity index (χ0n) is 12.8. The molecule has 0 bridgehead atoms. The first-order valence-electron chi connectivity index (χ1n) is 7.63. The average Bonchev–Trinajstić information content (AvgIpc) is 2.77. The number of nitrogens with zero attached hydrogens (tertiary/aromatic N) is 2. The van der Waals surface area contributed by atoms with Gasteiger partial charge in [-0.2, -0.15) is 0 Å². The minimum atomic E-state index is 0. The van der Waals surface area contributed by atoms with Crippen LogP contribution in [0.3, 0.4) is 0 Å². The SMILES string of the molecule is C.CC.CC1CCN(C)C1.CCN1CCCCC1. The van der Waals surface area contributed by atoms with Gasteiger partial charge in [0.15, 0.2) is 0 Å². The molecule has 1 unspecified atom stereocenters. The molecule has 18 heavy (non-hydrogen) atoms. The summed E-state index contributed by atoms with van der Waals surface area (Å²) < 4.78 is 0. The Morgan fingerprint density at radius 3 is 1.78 bits per heavy atom. The third-order valence-electron chi connectivity index (χ3n) is 3.52. The van der Waals surface area contributed by atoms with Gasteiger partial charge in [0.1, 0.15) is 0 Å². The van der Waals surface area contributed by atoms with Crippen LogP contribution in [0.1, 0.15) is 60.8 Å². The van der Waals surface area contributed by atoms with Crippen molar-refractivity contribution < 1.29 is 0 Å². The lowest BCUT2D eigenvalue weighted by Crippen LogP contribution is -2.29. The van der Waals surface area contributed by atoms with Crippen LogP contribution >= 0.6 is 0 Å². The van der Waals surface area contributed by atoms with Crippen LogP contribution in [0.15, 0.2) is 0 Å². The first kappa shape index (κ1) is 20.2. The molecule has 2 aliphatic rings. The van der Waals surface area contributed by atoms with Crippen LogP contribution in [0.5, 0.6) is 0 Å². The van der Waals surface area contributed by atoms with Crippen molar-refractivity contribution in [2.45, 2.75) is 60.8 Å². The molecular weight excluding hydrogens is 220 g/mol. The lowest BCUT2D eigenvalue weighted by atomic mass is 10.1. The molecule has 0 aromatic rings. The Bertz CT molecular complexity index is 145. The van der Waals surface area contributed by atoms with E-state index in [0.717, 1.165) is 5.92 Å². The number of likely N-dealkylation sites (tertiary alicyclic amines) is 2. The van der Waals surface area contributed by atoms with Gasteiger partial charge in [0.25, 0.3) is 0 Å². The lowest BCUT2D eigenvalue weighted by molar-refractivity contribution is 0.240.